The molecule has 1 aliphatic heterocycles. The monoisotopic (exact) mass is 331 g/mol. The van der Waals surface area contributed by atoms with Gasteiger partial charge in [0.1, 0.15) is 0 Å². The standard InChI is InChI=1S/C19H25NO4/c1-3-23-18(22)16-13-14(2)20(19(16)11-7-8-12-19)24-17(21)15-9-5-4-6-10-15/h4-6,9-10,14,16H,3,7-8,11-13H2,1-2H3/t14-,16-/m0/s1. The predicted octanol–water partition coefficient (Wildman–Crippen LogP) is 3.34. The Balaban J connectivity index is 1.83. The molecule has 130 valence electrons. The summed E-state index contributed by atoms with van der Waals surface area (Å²) in [6.07, 6.45) is 4.48. The van der Waals surface area contributed by atoms with E-state index in [-0.39, 0.29) is 23.9 Å². The molecule has 1 heterocycles. The van der Waals surface area contributed by atoms with Crippen molar-refractivity contribution < 1.29 is 19.2 Å². The van der Waals surface area contributed by atoms with Crippen LogP contribution in [-0.2, 0) is 14.4 Å². The van der Waals surface area contributed by atoms with E-state index in [4.69, 9.17) is 9.57 Å². The minimum absolute atomic E-state index is 0.00479. The third-order valence-electron chi connectivity index (χ3n) is 5.30. The molecule has 3 rings (SSSR count). The molecule has 0 radical (unpaired) electrons. The lowest BCUT2D eigenvalue weighted by molar-refractivity contribution is -0.188. The molecule has 1 saturated heterocycles. The second-order valence-electron chi connectivity index (χ2n) is 6.77. The number of ether oxygens (including phenoxy) is 1. The van der Waals surface area contributed by atoms with Gasteiger partial charge in [0.15, 0.2) is 0 Å². The van der Waals surface area contributed by atoms with Crippen molar-refractivity contribution in [1.82, 2.24) is 5.06 Å². The van der Waals surface area contributed by atoms with E-state index in [1.807, 2.05) is 32.0 Å². The highest BCUT2D eigenvalue weighted by atomic mass is 16.7. The summed E-state index contributed by atoms with van der Waals surface area (Å²) < 4.78 is 5.29. The van der Waals surface area contributed by atoms with Gasteiger partial charge >= 0.3 is 11.9 Å². The summed E-state index contributed by atoms with van der Waals surface area (Å²) >= 11 is 0. The fourth-order valence-electron chi connectivity index (χ4n) is 4.26. The fraction of sp³-hybridized carbons (Fsp3) is 0.579. The van der Waals surface area contributed by atoms with Gasteiger partial charge in [0.25, 0.3) is 0 Å². The predicted molar refractivity (Wildman–Crippen MR) is 89.1 cm³/mol. The van der Waals surface area contributed by atoms with Crippen LogP contribution in [0.3, 0.4) is 0 Å². The van der Waals surface area contributed by atoms with Gasteiger partial charge in [0.05, 0.1) is 23.6 Å². The molecule has 24 heavy (non-hydrogen) atoms. The van der Waals surface area contributed by atoms with Crippen molar-refractivity contribution in [2.45, 2.75) is 57.5 Å². The molecule has 2 aliphatic rings. The number of carbonyl (C=O) groups excluding carboxylic acids is 2. The normalized spacial score (nSPS) is 25.8. The maximum Gasteiger partial charge on any atom is 0.357 e. The fourth-order valence-corrected chi connectivity index (χ4v) is 4.26. The summed E-state index contributed by atoms with van der Waals surface area (Å²) in [6.45, 7) is 4.21. The number of nitrogens with zero attached hydrogens (tertiary/aromatic N) is 1. The Labute approximate surface area is 142 Å². The summed E-state index contributed by atoms with van der Waals surface area (Å²) in [7, 11) is 0. The zero-order valence-electron chi connectivity index (χ0n) is 14.4. The summed E-state index contributed by atoms with van der Waals surface area (Å²) in [5, 5.41) is 1.80. The van der Waals surface area contributed by atoms with Crippen molar-refractivity contribution >= 4 is 11.9 Å². The van der Waals surface area contributed by atoms with E-state index in [0.29, 0.717) is 18.6 Å². The molecule has 0 amide bonds. The minimum Gasteiger partial charge on any atom is -0.466 e. The maximum absolute atomic E-state index is 12.5. The molecule has 0 N–H and O–H groups in total. The highest BCUT2D eigenvalue weighted by Gasteiger charge is 2.58. The second-order valence-corrected chi connectivity index (χ2v) is 6.77. The Morgan fingerprint density at radius 1 is 1.21 bits per heavy atom. The first-order chi connectivity index (χ1) is 11.6. The van der Waals surface area contributed by atoms with Crippen molar-refractivity contribution in [3.8, 4) is 0 Å². The SMILES string of the molecule is CCOC(=O)[C@@H]1C[C@H](C)N(OC(=O)c2ccccc2)C12CCCC2. The first-order valence-corrected chi connectivity index (χ1v) is 8.82. The van der Waals surface area contributed by atoms with E-state index in [9.17, 15) is 9.59 Å². The Morgan fingerprint density at radius 2 is 1.88 bits per heavy atom. The number of hydrogen-bond donors (Lipinski definition) is 0. The van der Waals surface area contributed by atoms with Gasteiger partial charge in [-0.15, -0.1) is 5.06 Å². The van der Waals surface area contributed by atoms with Gasteiger partial charge < -0.3 is 9.57 Å². The van der Waals surface area contributed by atoms with Gasteiger partial charge in [-0.25, -0.2) is 4.79 Å². The van der Waals surface area contributed by atoms with Crippen LogP contribution in [0.4, 0.5) is 0 Å². The van der Waals surface area contributed by atoms with Crippen LogP contribution in [0.2, 0.25) is 0 Å². The van der Waals surface area contributed by atoms with Gasteiger partial charge in [0.2, 0.25) is 0 Å². The molecule has 1 aromatic carbocycles. The molecule has 2 fully saturated rings. The van der Waals surface area contributed by atoms with Gasteiger partial charge in [-0.1, -0.05) is 31.0 Å². The van der Waals surface area contributed by atoms with E-state index in [0.717, 1.165) is 25.7 Å². The number of rotatable bonds is 4. The maximum atomic E-state index is 12.5. The molecule has 1 saturated carbocycles. The minimum atomic E-state index is -0.407. The summed E-state index contributed by atoms with van der Waals surface area (Å²) in [5.74, 6) is -0.749. The van der Waals surface area contributed by atoms with Crippen molar-refractivity contribution in [2.75, 3.05) is 6.61 Å². The molecule has 5 nitrogen and oxygen atoms in total. The number of carbonyl (C=O) groups is 2. The molecule has 0 bridgehead atoms. The molecule has 0 unspecified atom stereocenters. The van der Waals surface area contributed by atoms with Crippen molar-refractivity contribution in [1.29, 1.82) is 0 Å². The van der Waals surface area contributed by atoms with Gasteiger partial charge in [0, 0.05) is 6.04 Å². The van der Waals surface area contributed by atoms with Crippen LogP contribution in [0, 0.1) is 5.92 Å². The Hall–Kier alpha value is -1.88. The van der Waals surface area contributed by atoms with Crippen LogP contribution in [0.5, 0.6) is 0 Å². The quantitative estimate of drug-likeness (QED) is 0.792. The van der Waals surface area contributed by atoms with E-state index >= 15 is 0 Å². The smallest absolute Gasteiger partial charge is 0.357 e. The lowest BCUT2D eigenvalue weighted by atomic mass is 9.83. The lowest BCUT2D eigenvalue weighted by Crippen LogP contribution is -2.50. The third kappa shape index (κ3) is 2.93. The van der Waals surface area contributed by atoms with Crippen LogP contribution in [0.25, 0.3) is 0 Å². The Bertz CT molecular complexity index is 595. The number of hydrogen-bond acceptors (Lipinski definition) is 5. The first-order valence-electron chi connectivity index (χ1n) is 8.82. The van der Waals surface area contributed by atoms with Crippen molar-refractivity contribution in [2.24, 2.45) is 5.92 Å². The van der Waals surface area contributed by atoms with Crippen LogP contribution >= 0.6 is 0 Å². The summed E-state index contributed by atoms with van der Waals surface area (Å²) in [6, 6.07) is 8.99. The van der Waals surface area contributed by atoms with E-state index in [2.05, 4.69) is 0 Å². The van der Waals surface area contributed by atoms with Gasteiger partial charge in [-0.3, -0.25) is 4.79 Å². The lowest BCUT2D eigenvalue weighted by Gasteiger charge is -2.37. The molecule has 5 heteroatoms. The Kier molecular flexibility index (Phi) is 4.90. The third-order valence-corrected chi connectivity index (χ3v) is 5.30. The molecular formula is C19H25NO4. The number of esters is 1. The van der Waals surface area contributed by atoms with Crippen molar-refractivity contribution in [3.63, 3.8) is 0 Å². The first kappa shape index (κ1) is 17.0. The highest BCUT2D eigenvalue weighted by Crippen LogP contribution is 2.50. The van der Waals surface area contributed by atoms with Crippen LogP contribution in [-0.4, -0.2) is 35.2 Å². The van der Waals surface area contributed by atoms with Crippen molar-refractivity contribution in [3.05, 3.63) is 35.9 Å². The van der Waals surface area contributed by atoms with E-state index in [1.54, 1.807) is 17.2 Å². The van der Waals surface area contributed by atoms with Crippen LogP contribution in [0.15, 0.2) is 30.3 Å². The molecular weight excluding hydrogens is 306 g/mol. The van der Waals surface area contributed by atoms with Crippen LogP contribution in [0.1, 0.15) is 56.3 Å². The molecule has 0 aromatic heterocycles. The molecule has 1 aliphatic carbocycles. The second kappa shape index (κ2) is 6.93. The largest absolute Gasteiger partial charge is 0.466 e. The summed E-state index contributed by atoms with van der Waals surface area (Å²) in [5.41, 5.74) is 0.119. The highest BCUT2D eigenvalue weighted by molar-refractivity contribution is 5.89. The average molecular weight is 331 g/mol. The molecule has 1 spiro atoms. The van der Waals surface area contributed by atoms with Crippen LogP contribution < -0.4 is 0 Å². The van der Waals surface area contributed by atoms with E-state index in [1.165, 1.54) is 0 Å². The zero-order valence-corrected chi connectivity index (χ0v) is 14.4. The molecule has 1 aromatic rings. The number of hydroxylamine groups is 2. The summed E-state index contributed by atoms with van der Waals surface area (Å²) in [4.78, 5) is 30.8. The Morgan fingerprint density at radius 3 is 2.50 bits per heavy atom. The number of benzene rings is 1. The molecule has 2 atom stereocenters. The average Bonchev–Trinajstić information content (AvgIpc) is 3.17. The van der Waals surface area contributed by atoms with E-state index < -0.39 is 5.54 Å². The topological polar surface area (TPSA) is 55.8 Å². The zero-order chi connectivity index (χ0) is 17.2. The van der Waals surface area contributed by atoms with Gasteiger partial charge in [-0.05, 0) is 45.2 Å². The van der Waals surface area contributed by atoms with Gasteiger partial charge in [-0.2, -0.15) is 0 Å².